The number of hydrogen-bond donors (Lipinski definition) is 1. The first-order chi connectivity index (χ1) is 10.0. The molecule has 2 aromatic rings. The maximum Gasteiger partial charge on any atom is 0.257 e. The van der Waals surface area contributed by atoms with E-state index in [1.54, 1.807) is 19.1 Å². The van der Waals surface area contributed by atoms with Gasteiger partial charge in [-0.25, -0.2) is 8.78 Å². The highest BCUT2D eigenvalue weighted by Gasteiger charge is 2.19. The summed E-state index contributed by atoms with van der Waals surface area (Å²) in [6, 6.07) is 10.1. The average molecular weight is 290 g/mol. The molecular weight excluding hydrogens is 274 g/mol. The topological polar surface area (TPSA) is 46.3 Å². The summed E-state index contributed by atoms with van der Waals surface area (Å²) in [5.74, 6) is -2.06. The highest BCUT2D eigenvalue weighted by Crippen LogP contribution is 2.17. The molecule has 0 bridgehead atoms. The predicted molar refractivity (Wildman–Crippen MR) is 77.6 cm³/mol. The largest absolute Gasteiger partial charge is 0.398 e. The molecule has 0 aliphatic carbocycles. The SMILES string of the molecule is CCN(Cc1ccccc1N)C(=O)c1ccc(F)cc1F. The molecule has 0 aromatic heterocycles. The lowest BCUT2D eigenvalue weighted by atomic mass is 10.1. The maximum atomic E-state index is 13.7. The van der Waals surface area contributed by atoms with E-state index in [0.717, 1.165) is 17.7 Å². The Balaban J connectivity index is 2.25. The third-order valence-electron chi connectivity index (χ3n) is 3.25. The zero-order valence-corrected chi connectivity index (χ0v) is 11.6. The lowest BCUT2D eigenvalue weighted by molar-refractivity contribution is 0.0748. The Kier molecular flexibility index (Phi) is 4.52. The van der Waals surface area contributed by atoms with Crippen LogP contribution < -0.4 is 5.73 Å². The first-order valence-corrected chi connectivity index (χ1v) is 6.60. The van der Waals surface area contributed by atoms with Crippen LogP contribution >= 0.6 is 0 Å². The molecule has 0 spiro atoms. The predicted octanol–water partition coefficient (Wildman–Crippen LogP) is 3.21. The second kappa shape index (κ2) is 6.35. The average Bonchev–Trinajstić information content (AvgIpc) is 2.46. The molecule has 0 radical (unpaired) electrons. The molecule has 1 amide bonds. The molecule has 0 fully saturated rings. The number of halogens is 2. The van der Waals surface area contributed by atoms with Gasteiger partial charge in [0.25, 0.3) is 5.91 Å². The summed E-state index contributed by atoms with van der Waals surface area (Å²) < 4.78 is 26.6. The van der Waals surface area contributed by atoms with Gasteiger partial charge in [0, 0.05) is 24.8 Å². The van der Waals surface area contributed by atoms with E-state index in [-0.39, 0.29) is 12.1 Å². The van der Waals surface area contributed by atoms with Gasteiger partial charge in [0.2, 0.25) is 0 Å². The van der Waals surface area contributed by atoms with E-state index >= 15 is 0 Å². The van der Waals surface area contributed by atoms with Gasteiger partial charge >= 0.3 is 0 Å². The van der Waals surface area contributed by atoms with Crippen LogP contribution in [0.4, 0.5) is 14.5 Å². The van der Waals surface area contributed by atoms with Gasteiger partial charge in [-0.05, 0) is 30.7 Å². The molecule has 0 unspecified atom stereocenters. The van der Waals surface area contributed by atoms with Crippen LogP contribution in [0.25, 0.3) is 0 Å². The molecule has 21 heavy (non-hydrogen) atoms. The van der Waals surface area contributed by atoms with Crippen molar-refractivity contribution in [1.29, 1.82) is 0 Å². The summed E-state index contributed by atoms with van der Waals surface area (Å²) in [7, 11) is 0. The maximum absolute atomic E-state index is 13.7. The summed E-state index contributed by atoms with van der Waals surface area (Å²) in [6.07, 6.45) is 0. The molecule has 0 saturated heterocycles. The highest BCUT2D eigenvalue weighted by atomic mass is 19.1. The molecule has 0 aliphatic heterocycles. The second-order valence-electron chi connectivity index (χ2n) is 4.64. The number of nitrogen functional groups attached to an aromatic ring is 1. The summed E-state index contributed by atoms with van der Waals surface area (Å²) >= 11 is 0. The van der Waals surface area contributed by atoms with Crippen LogP contribution in [-0.4, -0.2) is 17.4 Å². The summed E-state index contributed by atoms with van der Waals surface area (Å²) in [5.41, 5.74) is 7.06. The fourth-order valence-corrected chi connectivity index (χ4v) is 2.04. The lowest BCUT2D eigenvalue weighted by Crippen LogP contribution is -2.31. The number of anilines is 1. The van der Waals surface area contributed by atoms with Crippen molar-refractivity contribution in [3.8, 4) is 0 Å². The lowest BCUT2D eigenvalue weighted by Gasteiger charge is -2.22. The molecule has 0 saturated carbocycles. The Bertz CT molecular complexity index is 658. The number of nitrogens with two attached hydrogens (primary N) is 1. The van der Waals surface area contributed by atoms with Crippen molar-refractivity contribution in [2.45, 2.75) is 13.5 Å². The first-order valence-electron chi connectivity index (χ1n) is 6.60. The molecular formula is C16H16F2N2O. The van der Waals surface area contributed by atoms with Crippen LogP contribution in [0.1, 0.15) is 22.8 Å². The number of para-hydroxylation sites is 1. The van der Waals surface area contributed by atoms with Crippen molar-refractivity contribution in [2.24, 2.45) is 0 Å². The van der Waals surface area contributed by atoms with Gasteiger partial charge in [-0.1, -0.05) is 18.2 Å². The first kappa shape index (κ1) is 15.0. The van der Waals surface area contributed by atoms with Crippen LogP contribution in [0.3, 0.4) is 0 Å². The Morgan fingerprint density at radius 2 is 1.90 bits per heavy atom. The van der Waals surface area contributed by atoms with E-state index < -0.39 is 17.5 Å². The minimum atomic E-state index is -0.862. The van der Waals surface area contributed by atoms with Crippen molar-refractivity contribution < 1.29 is 13.6 Å². The molecule has 3 nitrogen and oxygen atoms in total. The standard InChI is InChI=1S/C16H16F2N2O/c1-2-20(10-11-5-3-4-6-15(11)19)16(21)13-8-7-12(17)9-14(13)18/h3-9H,2,10,19H2,1H3. The Labute approximate surface area is 122 Å². The van der Waals surface area contributed by atoms with Gasteiger partial charge in [-0.15, -0.1) is 0 Å². The van der Waals surface area contributed by atoms with Crippen LogP contribution in [0.5, 0.6) is 0 Å². The van der Waals surface area contributed by atoms with Crippen LogP contribution in [0, 0.1) is 11.6 Å². The van der Waals surface area contributed by atoms with E-state index in [1.807, 2.05) is 12.1 Å². The monoisotopic (exact) mass is 290 g/mol. The van der Waals surface area contributed by atoms with Crippen LogP contribution in [-0.2, 0) is 6.54 Å². The molecule has 5 heteroatoms. The quantitative estimate of drug-likeness (QED) is 0.879. The fourth-order valence-electron chi connectivity index (χ4n) is 2.04. The molecule has 2 aromatic carbocycles. The third kappa shape index (κ3) is 3.37. The number of carbonyl (C=O) groups excluding carboxylic acids is 1. The Hall–Kier alpha value is -2.43. The summed E-state index contributed by atoms with van der Waals surface area (Å²) in [4.78, 5) is 13.8. The highest BCUT2D eigenvalue weighted by molar-refractivity contribution is 5.94. The van der Waals surface area contributed by atoms with Crippen molar-refractivity contribution in [3.63, 3.8) is 0 Å². The Morgan fingerprint density at radius 3 is 2.52 bits per heavy atom. The van der Waals surface area contributed by atoms with Gasteiger partial charge in [-0.2, -0.15) is 0 Å². The van der Waals surface area contributed by atoms with E-state index in [1.165, 1.54) is 4.90 Å². The molecule has 0 heterocycles. The van der Waals surface area contributed by atoms with Gasteiger partial charge in [-0.3, -0.25) is 4.79 Å². The van der Waals surface area contributed by atoms with E-state index in [0.29, 0.717) is 18.3 Å². The van der Waals surface area contributed by atoms with Crippen molar-refractivity contribution in [2.75, 3.05) is 12.3 Å². The van der Waals surface area contributed by atoms with Crippen molar-refractivity contribution >= 4 is 11.6 Å². The summed E-state index contributed by atoms with van der Waals surface area (Å²) in [6.45, 7) is 2.46. The second-order valence-corrected chi connectivity index (χ2v) is 4.64. The van der Waals surface area contributed by atoms with Gasteiger partial charge in [0.05, 0.1) is 5.56 Å². The zero-order chi connectivity index (χ0) is 15.4. The number of amides is 1. The molecule has 2 N–H and O–H groups in total. The van der Waals surface area contributed by atoms with Gasteiger partial charge < -0.3 is 10.6 Å². The van der Waals surface area contributed by atoms with Crippen LogP contribution in [0.2, 0.25) is 0 Å². The van der Waals surface area contributed by atoms with Crippen molar-refractivity contribution in [1.82, 2.24) is 4.90 Å². The van der Waals surface area contributed by atoms with E-state index in [9.17, 15) is 13.6 Å². The van der Waals surface area contributed by atoms with Crippen molar-refractivity contribution in [3.05, 3.63) is 65.2 Å². The molecule has 0 atom stereocenters. The smallest absolute Gasteiger partial charge is 0.257 e. The number of benzene rings is 2. The fraction of sp³-hybridized carbons (Fsp3) is 0.188. The minimum Gasteiger partial charge on any atom is -0.398 e. The normalized spacial score (nSPS) is 10.4. The molecule has 2 rings (SSSR count). The van der Waals surface area contributed by atoms with E-state index in [4.69, 9.17) is 5.73 Å². The Morgan fingerprint density at radius 1 is 1.19 bits per heavy atom. The number of rotatable bonds is 4. The third-order valence-corrected chi connectivity index (χ3v) is 3.25. The van der Waals surface area contributed by atoms with Crippen LogP contribution in [0.15, 0.2) is 42.5 Å². The van der Waals surface area contributed by atoms with E-state index in [2.05, 4.69) is 0 Å². The molecule has 0 aliphatic rings. The number of carbonyl (C=O) groups is 1. The number of nitrogens with zero attached hydrogens (tertiary/aromatic N) is 1. The summed E-state index contributed by atoms with van der Waals surface area (Å²) in [5, 5.41) is 0. The zero-order valence-electron chi connectivity index (χ0n) is 11.6. The number of hydrogen-bond acceptors (Lipinski definition) is 2. The van der Waals surface area contributed by atoms with Gasteiger partial charge in [0.1, 0.15) is 11.6 Å². The minimum absolute atomic E-state index is 0.146. The van der Waals surface area contributed by atoms with Gasteiger partial charge in [0.15, 0.2) is 0 Å². The molecule has 110 valence electrons.